The fourth-order valence-electron chi connectivity index (χ4n) is 2.96. The average molecular weight is 368 g/mol. The van der Waals surface area contributed by atoms with E-state index in [1.54, 1.807) is 0 Å². The van der Waals surface area contributed by atoms with Crippen molar-refractivity contribution < 1.29 is 21.9 Å². The maximum absolute atomic E-state index is 14.1. The van der Waals surface area contributed by atoms with E-state index in [4.69, 9.17) is 9.88 Å². The van der Waals surface area contributed by atoms with Crippen LogP contribution in [0.15, 0.2) is 41.3 Å². The molecule has 0 saturated carbocycles. The van der Waals surface area contributed by atoms with E-state index < -0.39 is 21.7 Å². The molecule has 1 heterocycles. The fourth-order valence-corrected chi connectivity index (χ4v) is 3.47. The largest absolute Gasteiger partial charge is 0.492 e. The highest BCUT2D eigenvalue weighted by molar-refractivity contribution is 7.89. The van der Waals surface area contributed by atoms with Gasteiger partial charge in [-0.05, 0) is 48.7 Å². The lowest BCUT2D eigenvalue weighted by atomic mass is 10.0. The zero-order chi connectivity index (χ0) is 18.0. The molecule has 0 fully saturated rings. The fraction of sp³-hybridized carbons (Fsp3) is 0.294. The number of hydrogen-bond acceptors (Lipinski definition) is 4. The molecular weight excluding hydrogens is 350 g/mol. The van der Waals surface area contributed by atoms with Crippen molar-refractivity contribution in [2.75, 3.05) is 24.6 Å². The standard InChI is InChI=1S/C17H18F2N2O3S/c18-13-10-12-2-1-7-21(17(12)16(19)11-13)8-9-24-14-3-5-15(6-4-14)25(20,22)23/h3-6,10-11H,1-2,7-9H2,(H2,20,22,23). The summed E-state index contributed by atoms with van der Waals surface area (Å²) in [4.78, 5) is 1.85. The Morgan fingerprint density at radius 2 is 1.88 bits per heavy atom. The minimum atomic E-state index is -3.74. The van der Waals surface area contributed by atoms with Crippen molar-refractivity contribution >= 4 is 15.7 Å². The van der Waals surface area contributed by atoms with E-state index in [2.05, 4.69) is 0 Å². The van der Waals surface area contributed by atoms with E-state index >= 15 is 0 Å². The van der Waals surface area contributed by atoms with E-state index in [1.807, 2.05) is 4.90 Å². The van der Waals surface area contributed by atoms with Crippen molar-refractivity contribution in [3.8, 4) is 5.75 Å². The number of sulfonamides is 1. The molecule has 0 aromatic heterocycles. The Balaban J connectivity index is 1.64. The Morgan fingerprint density at radius 1 is 1.16 bits per heavy atom. The molecule has 0 saturated heterocycles. The first-order valence-electron chi connectivity index (χ1n) is 7.83. The Kier molecular flexibility index (Phi) is 4.91. The molecule has 2 aromatic rings. The highest BCUT2D eigenvalue weighted by atomic mass is 32.2. The molecular formula is C17H18F2N2O3S. The molecule has 1 aliphatic heterocycles. The smallest absolute Gasteiger partial charge is 0.238 e. The number of primary sulfonamides is 1. The molecule has 5 nitrogen and oxygen atoms in total. The molecule has 134 valence electrons. The summed E-state index contributed by atoms with van der Waals surface area (Å²) >= 11 is 0. The minimum absolute atomic E-state index is 0.00825. The van der Waals surface area contributed by atoms with Crippen LogP contribution >= 0.6 is 0 Å². The summed E-state index contributed by atoms with van der Waals surface area (Å²) in [6, 6.07) is 8.02. The lowest BCUT2D eigenvalue weighted by molar-refractivity contribution is 0.322. The van der Waals surface area contributed by atoms with Crippen LogP contribution in [0.5, 0.6) is 5.75 Å². The van der Waals surface area contributed by atoms with Gasteiger partial charge in [-0.1, -0.05) is 0 Å². The van der Waals surface area contributed by atoms with Crippen molar-refractivity contribution in [1.82, 2.24) is 0 Å². The molecule has 25 heavy (non-hydrogen) atoms. The van der Waals surface area contributed by atoms with Gasteiger partial charge in [0.2, 0.25) is 10.0 Å². The van der Waals surface area contributed by atoms with Gasteiger partial charge in [-0.2, -0.15) is 0 Å². The van der Waals surface area contributed by atoms with Gasteiger partial charge in [-0.25, -0.2) is 22.3 Å². The third kappa shape index (κ3) is 4.08. The second kappa shape index (κ2) is 6.97. The highest BCUT2D eigenvalue weighted by Gasteiger charge is 2.21. The van der Waals surface area contributed by atoms with Crippen molar-refractivity contribution in [3.63, 3.8) is 0 Å². The second-order valence-electron chi connectivity index (χ2n) is 5.85. The Hall–Kier alpha value is -2.19. The zero-order valence-corrected chi connectivity index (χ0v) is 14.2. The van der Waals surface area contributed by atoms with Crippen molar-refractivity contribution in [3.05, 3.63) is 53.6 Å². The molecule has 8 heteroatoms. The molecule has 2 N–H and O–H groups in total. The number of halogens is 2. The number of fused-ring (bicyclic) bond motifs is 1. The topological polar surface area (TPSA) is 72.6 Å². The van der Waals surface area contributed by atoms with Crippen molar-refractivity contribution in [2.45, 2.75) is 17.7 Å². The van der Waals surface area contributed by atoms with Crippen LogP contribution in [0.4, 0.5) is 14.5 Å². The predicted octanol–water partition coefficient (Wildman–Crippen LogP) is 2.44. The Labute approximate surface area is 145 Å². The number of aryl methyl sites for hydroxylation is 1. The second-order valence-corrected chi connectivity index (χ2v) is 7.41. The summed E-state index contributed by atoms with van der Waals surface area (Å²) in [6.07, 6.45) is 1.47. The van der Waals surface area contributed by atoms with Gasteiger partial charge in [0, 0.05) is 12.6 Å². The lowest BCUT2D eigenvalue weighted by Crippen LogP contribution is -2.34. The minimum Gasteiger partial charge on any atom is -0.492 e. The van der Waals surface area contributed by atoms with E-state index in [-0.39, 0.29) is 11.5 Å². The van der Waals surface area contributed by atoms with Crippen LogP contribution in [0.3, 0.4) is 0 Å². The van der Waals surface area contributed by atoms with Crippen molar-refractivity contribution in [2.24, 2.45) is 5.14 Å². The van der Waals surface area contributed by atoms with Crippen LogP contribution in [-0.4, -0.2) is 28.1 Å². The lowest BCUT2D eigenvalue weighted by Gasteiger charge is -2.31. The predicted molar refractivity (Wildman–Crippen MR) is 90.2 cm³/mol. The molecule has 2 aromatic carbocycles. The van der Waals surface area contributed by atoms with Crippen LogP contribution in [0.1, 0.15) is 12.0 Å². The van der Waals surface area contributed by atoms with E-state index in [0.717, 1.165) is 12.5 Å². The first-order valence-corrected chi connectivity index (χ1v) is 9.38. The van der Waals surface area contributed by atoms with Gasteiger partial charge in [-0.15, -0.1) is 0 Å². The SMILES string of the molecule is NS(=O)(=O)c1ccc(OCCN2CCCc3cc(F)cc(F)c32)cc1. The number of hydrogen-bond donors (Lipinski definition) is 1. The van der Waals surface area contributed by atoms with Gasteiger partial charge >= 0.3 is 0 Å². The quantitative estimate of drug-likeness (QED) is 0.880. The van der Waals surface area contributed by atoms with Crippen LogP contribution in [0, 0.1) is 11.6 Å². The molecule has 3 rings (SSSR count). The first-order chi connectivity index (χ1) is 11.8. The van der Waals surface area contributed by atoms with E-state index in [9.17, 15) is 17.2 Å². The van der Waals surface area contributed by atoms with Gasteiger partial charge in [-0.3, -0.25) is 0 Å². The molecule has 0 amide bonds. The van der Waals surface area contributed by atoms with Gasteiger partial charge in [0.1, 0.15) is 24.0 Å². The summed E-state index contributed by atoms with van der Waals surface area (Å²) < 4.78 is 55.4. The molecule has 0 aliphatic carbocycles. The van der Waals surface area contributed by atoms with E-state index in [0.29, 0.717) is 36.5 Å². The summed E-state index contributed by atoms with van der Waals surface area (Å²) in [5.74, 6) is -0.638. The third-order valence-corrected chi connectivity index (χ3v) is 5.01. The summed E-state index contributed by atoms with van der Waals surface area (Å²) in [6.45, 7) is 1.39. The van der Waals surface area contributed by atoms with E-state index in [1.165, 1.54) is 30.3 Å². The van der Waals surface area contributed by atoms with Gasteiger partial charge in [0.15, 0.2) is 0 Å². The molecule has 0 unspecified atom stereocenters. The van der Waals surface area contributed by atoms with Crippen LogP contribution in [-0.2, 0) is 16.4 Å². The number of rotatable bonds is 5. The van der Waals surface area contributed by atoms with Gasteiger partial charge in [0.25, 0.3) is 0 Å². The maximum Gasteiger partial charge on any atom is 0.238 e. The summed E-state index contributed by atoms with van der Waals surface area (Å²) in [5, 5.41) is 5.04. The average Bonchev–Trinajstić information content (AvgIpc) is 2.54. The monoisotopic (exact) mass is 368 g/mol. The van der Waals surface area contributed by atoms with Crippen LogP contribution < -0.4 is 14.8 Å². The van der Waals surface area contributed by atoms with Crippen LogP contribution in [0.2, 0.25) is 0 Å². The Bertz CT molecular complexity index is 870. The maximum atomic E-state index is 14.1. The number of nitrogens with zero attached hydrogens (tertiary/aromatic N) is 1. The van der Waals surface area contributed by atoms with Gasteiger partial charge in [0.05, 0.1) is 17.1 Å². The first kappa shape index (κ1) is 17.6. The normalized spacial score (nSPS) is 14.3. The molecule has 0 bridgehead atoms. The molecule has 1 aliphatic rings. The van der Waals surface area contributed by atoms with Crippen LogP contribution in [0.25, 0.3) is 0 Å². The zero-order valence-electron chi connectivity index (χ0n) is 13.4. The molecule has 0 radical (unpaired) electrons. The Morgan fingerprint density at radius 3 is 2.56 bits per heavy atom. The molecule has 0 spiro atoms. The third-order valence-electron chi connectivity index (χ3n) is 4.08. The molecule has 0 atom stereocenters. The highest BCUT2D eigenvalue weighted by Crippen LogP contribution is 2.30. The summed E-state index contributed by atoms with van der Waals surface area (Å²) in [7, 11) is -3.74. The number of benzene rings is 2. The number of anilines is 1. The van der Waals surface area contributed by atoms with Gasteiger partial charge < -0.3 is 9.64 Å². The van der Waals surface area contributed by atoms with Crippen molar-refractivity contribution in [1.29, 1.82) is 0 Å². The number of nitrogens with two attached hydrogens (primary N) is 1. The summed E-state index contributed by atoms with van der Waals surface area (Å²) in [5.41, 5.74) is 1.10. The number of ether oxygens (including phenoxy) is 1.